The van der Waals surface area contributed by atoms with Gasteiger partial charge in [0.15, 0.2) is 0 Å². The van der Waals surface area contributed by atoms with Crippen molar-refractivity contribution in [3.8, 4) is 11.1 Å². The average molecular weight is 440 g/mol. The van der Waals surface area contributed by atoms with Gasteiger partial charge < -0.3 is 24.8 Å². The van der Waals surface area contributed by atoms with Crippen molar-refractivity contribution in [2.24, 2.45) is 0 Å². The molecule has 3 rings (SSSR count). The molecule has 1 aliphatic carbocycles. The molecule has 0 N–H and O–H groups in total. The first kappa shape index (κ1) is 20.9. The second-order valence-corrected chi connectivity index (χ2v) is 19.4. The maximum atomic E-state index is 2.49. The van der Waals surface area contributed by atoms with Crippen LogP contribution in [0.15, 0.2) is 48.0 Å². The van der Waals surface area contributed by atoms with Crippen LogP contribution in [0, 0.1) is 6.92 Å². The third-order valence-corrected chi connectivity index (χ3v) is 13.2. The van der Waals surface area contributed by atoms with Crippen LogP contribution in [0.5, 0.6) is 0 Å². The predicted octanol–water partition coefficient (Wildman–Crippen LogP) is -0.538. The Morgan fingerprint density at radius 2 is 1.57 bits per heavy atom. The van der Waals surface area contributed by atoms with Crippen molar-refractivity contribution in [3.63, 3.8) is 0 Å². The van der Waals surface area contributed by atoms with Gasteiger partial charge in [-0.15, -0.1) is 0 Å². The number of aryl methyl sites for hydroxylation is 1. The smallest absolute Gasteiger partial charge is 1.00 e. The van der Waals surface area contributed by atoms with Gasteiger partial charge in [0, 0.05) is 0 Å². The van der Waals surface area contributed by atoms with Crippen molar-refractivity contribution in [1.82, 2.24) is 0 Å². The van der Waals surface area contributed by atoms with Crippen LogP contribution in [-0.2, 0) is 22.4 Å². The fourth-order valence-electron chi connectivity index (χ4n) is 3.02. The van der Waals surface area contributed by atoms with Crippen LogP contribution < -0.4 is 24.8 Å². The predicted molar refractivity (Wildman–Crippen MR) is 90.5 cm³/mol. The van der Waals surface area contributed by atoms with Crippen molar-refractivity contribution in [1.29, 1.82) is 0 Å². The van der Waals surface area contributed by atoms with Crippen molar-refractivity contribution in [2.45, 2.75) is 30.6 Å². The molecular weight excluding hydrogens is 418 g/mol. The van der Waals surface area contributed by atoms with Crippen LogP contribution in [0.25, 0.3) is 17.2 Å². The van der Waals surface area contributed by atoms with Gasteiger partial charge in [-0.2, -0.15) is 0 Å². The van der Waals surface area contributed by atoms with Crippen molar-refractivity contribution in [2.75, 3.05) is 0 Å². The summed E-state index contributed by atoms with van der Waals surface area (Å²) in [6, 6.07) is 15.9. The van der Waals surface area contributed by atoms with E-state index in [4.69, 9.17) is 0 Å². The Kier molecular flexibility index (Phi) is 8.01. The van der Waals surface area contributed by atoms with E-state index in [0.717, 1.165) is 3.63 Å². The molecule has 1 unspecified atom stereocenters. The van der Waals surface area contributed by atoms with E-state index in [9.17, 15) is 0 Å². The molecule has 2 aromatic rings. The second kappa shape index (κ2) is 8.81. The molecular formula is C19H21Cl2SiZr. The van der Waals surface area contributed by atoms with Gasteiger partial charge in [-0.3, -0.25) is 0 Å². The second-order valence-electron chi connectivity index (χ2n) is 6.14. The Morgan fingerprint density at radius 3 is 2.17 bits per heavy atom. The van der Waals surface area contributed by atoms with Crippen LogP contribution in [0.3, 0.4) is 0 Å². The third kappa shape index (κ3) is 4.48. The zero-order chi connectivity index (χ0) is 15.0. The fourth-order valence-corrected chi connectivity index (χ4v) is 11.9. The molecule has 1 aliphatic rings. The van der Waals surface area contributed by atoms with Crippen LogP contribution in [-0.4, -0.2) is 5.92 Å². The average Bonchev–Trinajstić information content (AvgIpc) is 2.76. The van der Waals surface area contributed by atoms with Crippen molar-refractivity contribution >= 4 is 12.0 Å². The minimum absolute atomic E-state index is 0. The number of benzene rings is 2. The van der Waals surface area contributed by atoms with Gasteiger partial charge in [-0.25, -0.2) is 0 Å². The molecule has 1 radical (unpaired) electrons. The Bertz CT molecular complexity index is 693. The first-order valence-corrected chi connectivity index (χ1v) is 15.1. The van der Waals surface area contributed by atoms with E-state index >= 15 is 0 Å². The standard InChI is InChI=1S/C17H15.C2H6Si.2ClH.Zr/c1-12-6-8-14(9-7-12)16-5-3-4-15-10-13(2)11-17(15)16;1-3-2;;;/h3-11H,1-2H3;1-2H3;2*1H;/q;;;;+2/p-2. The topological polar surface area (TPSA) is 0 Å². The zero-order valence-electron chi connectivity index (χ0n) is 14.0. The van der Waals surface area contributed by atoms with E-state index < -0.39 is 0 Å². The summed E-state index contributed by atoms with van der Waals surface area (Å²) < 4.78 is 0.817. The number of rotatable bonds is 3. The van der Waals surface area contributed by atoms with E-state index in [-0.39, 0.29) is 53.1 Å². The van der Waals surface area contributed by atoms with E-state index in [1.54, 1.807) is 11.1 Å². The molecule has 0 fully saturated rings. The first-order chi connectivity index (χ1) is 10.1. The summed E-state index contributed by atoms with van der Waals surface area (Å²) in [6.45, 7) is 9.48. The summed E-state index contributed by atoms with van der Waals surface area (Å²) in [5.74, 6) is -0.0448. The molecule has 0 nitrogen and oxygen atoms in total. The molecule has 0 aliphatic heterocycles. The molecule has 0 saturated heterocycles. The molecule has 0 saturated carbocycles. The molecule has 1 atom stereocenters. The van der Waals surface area contributed by atoms with E-state index in [1.165, 1.54) is 22.3 Å². The van der Waals surface area contributed by atoms with Gasteiger partial charge in [-0.1, -0.05) is 0 Å². The monoisotopic (exact) mass is 437 g/mol. The van der Waals surface area contributed by atoms with E-state index in [2.05, 4.69) is 75.5 Å². The molecule has 0 amide bonds. The third-order valence-electron chi connectivity index (χ3n) is 4.07. The van der Waals surface area contributed by atoms with E-state index in [1.807, 2.05) is 0 Å². The summed E-state index contributed by atoms with van der Waals surface area (Å²) in [5.41, 5.74) is 8.81. The van der Waals surface area contributed by atoms with Crippen molar-refractivity contribution in [3.05, 3.63) is 64.7 Å². The maximum Gasteiger partial charge on any atom is -1.00 e. The number of fused-ring (bicyclic) bond motifs is 1. The minimum atomic E-state index is -0.304. The van der Waals surface area contributed by atoms with Crippen LogP contribution >= 0.6 is 0 Å². The van der Waals surface area contributed by atoms with Gasteiger partial charge >= 0.3 is 141 Å². The Hall–Kier alpha value is -0.140. The van der Waals surface area contributed by atoms with Gasteiger partial charge in [0.05, 0.1) is 0 Å². The van der Waals surface area contributed by atoms with Gasteiger partial charge in [0.2, 0.25) is 0 Å². The minimum Gasteiger partial charge on any atom is -1.00 e. The Morgan fingerprint density at radius 1 is 0.913 bits per heavy atom. The normalized spacial score (nSPS) is 15.2. The van der Waals surface area contributed by atoms with Crippen LogP contribution in [0.1, 0.15) is 27.2 Å². The number of allylic oxidation sites excluding steroid dienone is 1. The van der Waals surface area contributed by atoms with Crippen molar-refractivity contribution < 1.29 is 47.2 Å². The molecule has 23 heavy (non-hydrogen) atoms. The summed E-state index contributed by atoms with van der Waals surface area (Å²) in [4.78, 5) is 0. The molecule has 119 valence electrons. The van der Waals surface area contributed by atoms with Crippen LogP contribution in [0.4, 0.5) is 0 Å². The summed E-state index contributed by atoms with van der Waals surface area (Å²) in [6.07, 6.45) is 2.46. The summed E-state index contributed by atoms with van der Waals surface area (Å²) >= 11 is -0.304. The van der Waals surface area contributed by atoms with Crippen LogP contribution in [0.2, 0.25) is 13.1 Å². The summed E-state index contributed by atoms with van der Waals surface area (Å²) in [7, 11) is 0. The quantitative estimate of drug-likeness (QED) is 0.564. The number of hydrogen-bond acceptors (Lipinski definition) is 0. The fraction of sp³-hybridized carbons (Fsp3) is 0.263. The first-order valence-electron chi connectivity index (χ1n) is 7.51. The maximum absolute atomic E-state index is 2.49. The van der Waals surface area contributed by atoms with Gasteiger partial charge in [0.25, 0.3) is 0 Å². The molecule has 0 spiro atoms. The van der Waals surface area contributed by atoms with Gasteiger partial charge in [-0.05, 0) is 0 Å². The van der Waals surface area contributed by atoms with Gasteiger partial charge in [0.1, 0.15) is 0 Å². The molecule has 0 aromatic heterocycles. The van der Waals surface area contributed by atoms with E-state index in [0.29, 0.717) is 0 Å². The largest absolute Gasteiger partial charge is 1.00 e. The zero-order valence-corrected chi connectivity index (χ0v) is 18.9. The molecule has 0 heterocycles. The Balaban J connectivity index is 0.00000132. The molecule has 0 bridgehead atoms. The Labute approximate surface area is 164 Å². The number of halogens is 2. The summed E-state index contributed by atoms with van der Waals surface area (Å²) in [5, 5.41) is 0. The molecule has 2 aromatic carbocycles. The molecule has 4 heteroatoms. The number of hydrogen-bond donors (Lipinski definition) is 0. The SMILES string of the molecule is CC1=Cc2c(-c3ccc(C)cc3)cccc2[CH]1[Zr+2][Si](C)C.[Cl-].[Cl-].